The summed E-state index contributed by atoms with van der Waals surface area (Å²) in [4.78, 5) is 27.9. The Kier molecular flexibility index (Phi) is 7.46. The molecule has 2 amide bonds. The van der Waals surface area contributed by atoms with E-state index in [-0.39, 0.29) is 41.7 Å². The molecule has 3 aromatic rings. The Hall–Kier alpha value is -3.73. The molecule has 0 aliphatic carbocycles. The van der Waals surface area contributed by atoms with Crippen LogP contribution in [0.3, 0.4) is 0 Å². The van der Waals surface area contributed by atoms with Gasteiger partial charge in [-0.15, -0.1) is 0 Å². The molecule has 2 heterocycles. The van der Waals surface area contributed by atoms with Crippen molar-refractivity contribution in [1.29, 1.82) is 0 Å². The maximum atomic E-state index is 13.0. The maximum absolute atomic E-state index is 13.0. The summed E-state index contributed by atoms with van der Waals surface area (Å²) in [7, 11) is -3.86. The van der Waals surface area contributed by atoms with E-state index in [2.05, 4.69) is 10.6 Å². The lowest BCUT2D eigenvalue weighted by atomic mass is 10.1. The number of morpholine rings is 1. The molecule has 2 atom stereocenters. The lowest BCUT2D eigenvalue weighted by Crippen LogP contribution is -2.45. The van der Waals surface area contributed by atoms with E-state index in [9.17, 15) is 18.0 Å². The van der Waals surface area contributed by atoms with Crippen molar-refractivity contribution in [2.45, 2.75) is 25.0 Å². The van der Waals surface area contributed by atoms with Gasteiger partial charge in [-0.05, 0) is 54.3 Å². The number of carbonyl (C=O) groups is 2. The SMILES string of the molecule is CS(=O)(=O)Oc1ccc(C(=O)Nc2ccc(-c3ccccc3)cc2)cc1NC(=O)CN1CC2CCC(C1)O2. The summed E-state index contributed by atoms with van der Waals surface area (Å²) in [5.74, 6) is -0.811. The van der Waals surface area contributed by atoms with Gasteiger partial charge in [0.1, 0.15) is 0 Å². The first kappa shape index (κ1) is 25.9. The Morgan fingerprint density at radius 1 is 0.921 bits per heavy atom. The van der Waals surface area contributed by atoms with Crippen molar-refractivity contribution in [2.24, 2.45) is 0 Å². The van der Waals surface area contributed by atoms with Gasteiger partial charge in [0.15, 0.2) is 5.75 Å². The lowest BCUT2D eigenvalue weighted by Gasteiger charge is -2.31. The van der Waals surface area contributed by atoms with E-state index >= 15 is 0 Å². The molecule has 2 fully saturated rings. The number of nitrogens with zero attached hydrogens (tertiary/aromatic N) is 1. The number of anilines is 2. The van der Waals surface area contributed by atoms with E-state index in [0.717, 1.165) is 30.2 Å². The summed E-state index contributed by atoms with van der Waals surface area (Å²) in [6.45, 7) is 1.46. The lowest BCUT2D eigenvalue weighted by molar-refractivity contribution is -0.119. The zero-order chi connectivity index (χ0) is 26.7. The van der Waals surface area contributed by atoms with E-state index in [1.807, 2.05) is 47.4 Å². The molecule has 38 heavy (non-hydrogen) atoms. The van der Waals surface area contributed by atoms with E-state index in [4.69, 9.17) is 8.92 Å². The second-order valence-corrected chi connectivity index (χ2v) is 11.2. The summed E-state index contributed by atoms with van der Waals surface area (Å²) in [6.07, 6.45) is 3.17. The van der Waals surface area contributed by atoms with Gasteiger partial charge < -0.3 is 19.6 Å². The van der Waals surface area contributed by atoms with Crippen molar-refractivity contribution in [1.82, 2.24) is 4.90 Å². The molecular formula is C28H29N3O6S. The zero-order valence-electron chi connectivity index (χ0n) is 20.9. The fraction of sp³-hybridized carbons (Fsp3) is 0.286. The molecule has 2 aliphatic rings. The Bertz CT molecular complexity index is 1410. The average Bonchev–Trinajstić information content (AvgIpc) is 3.23. The third-order valence-electron chi connectivity index (χ3n) is 6.49. The molecule has 10 heteroatoms. The van der Waals surface area contributed by atoms with E-state index in [1.54, 1.807) is 12.1 Å². The van der Waals surface area contributed by atoms with Crippen molar-refractivity contribution in [3.8, 4) is 16.9 Å². The van der Waals surface area contributed by atoms with Gasteiger partial charge in [-0.1, -0.05) is 42.5 Å². The van der Waals surface area contributed by atoms with Crippen molar-refractivity contribution >= 4 is 33.3 Å². The number of hydrogen-bond donors (Lipinski definition) is 2. The Labute approximate surface area is 221 Å². The van der Waals surface area contributed by atoms with Crippen molar-refractivity contribution in [3.05, 3.63) is 78.4 Å². The quantitative estimate of drug-likeness (QED) is 0.423. The monoisotopic (exact) mass is 535 g/mol. The third kappa shape index (κ3) is 6.58. The van der Waals surface area contributed by atoms with Crippen LogP contribution < -0.4 is 14.8 Å². The highest BCUT2D eigenvalue weighted by atomic mass is 32.2. The molecule has 0 spiro atoms. The smallest absolute Gasteiger partial charge is 0.306 e. The predicted octanol–water partition coefficient (Wildman–Crippen LogP) is 3.75. The van der Waals surface area contributed by atoms with Gasteiger partial charge in [-0.25, -0.2) is 0 Å². The minimum Gasteiger partial charge on any atom is -0.380 e. The predicted molar refractivity (Wildman–Crippen MR) is 145 cm³/mol. The van der Waals surface area contributed by atoms with Crippen molar-refractivity contribution < 1.29 is 26.9 Å². The molecule has 2 aliphatic heterocycles. The molecule has 0 radical (unpaired) electrons. The topological polar surface area (TPSA) is 114 Å². The van der Waals surface area contributed by atoms with Crippen LogP contribution in [0.4, 0.5) is 11.4 Å². The number of fused-ring (bicyclic) bond motifs is 2. The normalized spacial score (nSPS) is 19.1. The van der Waals surface area contributed by atoms with Gasteiger partial charge >= 0.3 is 10.1 Å². The van der Waals surface area contributed by atoms with E-state index in [0.29, 0.717) is 18.8 Å². The van der Waals surface area contributed by atoms with Gasteiger partial charge in [0.2, 0.25) is 5.91 Å². The number of carbonyl (C=O) groups excluding carboxylic acids is 2. The fourth-order valence-corrected chi connectivity index (χ4v) is 5.28. The maximum Gasteiger partial charge on any atom is 0.306 e. The number of amides is 2. The van der Waals surface area contributed by atoms with Crippen LogP contribution in [0.1, 0.15) is 23.2 Å². The number of hydrogen-bond acceptors (Lipinski definition) is 7. The minimum absolute atomic E-state index is 0.0633. The number of likely N-dealkylation sites (tertiary alicyclic amines) is 1. The molecular weight excluding hydrogens is 506 g/mol. The molecule has 0 saturated carbocycles. The first-order valence-electron chi connectivity index (χ1n) is 12.4. The molecule has 2 unspecified atom stereocenters. The molecule has 2 N–H and O–H groups in total. The Morgan fingerprint density at radius 3 is 2.24 bits per heavy atom. The zero-order valence-corrected chi connectivity index (χ0v) is 21.7. The van der Waals surface area contributed by atoms with Gasteiger partial charge in [-0.3, -0.25) is 14.5 Å². The van der Waals surface area contributed by atoms with Crippen LogP contribution in [0.15, 0.2) is 72.8 Å². The van der Waals surface area contributed by atoms with Gasteiger partial charge in [-0.2, -0.15) is 8.42 Å². The summed E-state index contributed by atoms with van der Waals surface area (Å²) >= 11 is 0. The number of benzene rings is 3. The van der Waals surface area contributed by atoms with Crippen LogP contribution in [0.5, 0.6) is 5.75 Å². The molecule has 5 rings (SSSR count). The van der Waals surface area contributed by atoms with Gasteiger partial charge in [0, 0.05) is 24.3 Å². The summed E-state index contributed by atoms with van der Waals surface area (Å²) in [6, 6.07) is 21.5. The van der Waals surface area contributed by atoms with Crippen LogP contribution in [0.25, 0.3) is 11.1 Å². The minimum atomic E-state index is -3.86. The summed E-state index contributed by atoms with van der Waals surface area (Å²) in [5.41, 5.74) is 3.02. The van der Waals surface area contributed by atoms with Crippen molar-refractivity contribution in [3.63, 3.8) is 0 Å². The van der Waals surface area contributed by atoms with Crippen LogP contribution in [-0.4, -0.2) is 63.2 Å². The first-order valence-corrected chi connectivity index (χ1v) is 14.2. The highest BCUT2D eigenvalue weighted by Crippen LogP contribution is 2.29. The van der Waals surface area contributed by atoms with Crippen LogP contribution >= 0.6 is 0 Å². The van der Waals surface area contributed by atoms with Crippen LogP contribution in [0.2, 0.25) is 0 Å². The molecule has 3 aromatic carbocycles. The highest BCUT2D eigenvalue weighted by molar-refractivity contribution is 7.86. The number of rotatable bonds is 8. The van der Waals surface area contributed by atoms with E-state index in [1.165, 1.54) is 18.2 Å². The van der Waals surface area contributed by atoms with E-state index < -0.39 is 16.0 Å². The molecule has 9 nitrogen and oxygen atoms in total. The molecule has 0 aromatic heterocycles. The highest BCUT2D eigenvalue weighted by Gasteiger charge is 2.34. The Balaban J connectivity index is 1.29. The van der Waals surface area contributed by atoms with Gasteiger partial charge in [0.25, 0.3) is 5.91 Å². The summed E-state index contributed by atoms with van der Waals surface area (Å²) in [5, 5.41) is 5.56. The summed E-state index contributed by atoms with van der Waals surface area (Å²) < 4.78 is 34.5. The Morgan fingerprint density at radius 2 is 1.58 bits per heavy atom. The second kappa shape index (κ2) is 10.9. The molecule has 2 saturated heterocycles. The largest absolute Gasteiger partial charge is 0.380 e. The standard InChI is InChI=1S/C28H29N3O6S/c1-38(34,35)37-26-14-9-21(15-25(26)30-27(32)18-31-16-23-12-13-24(17-31)36-23)28(33)29-22-10-7-20(8-11-22)19-5-3-2-4-6-19/h2-11,14-15,23-24H,12-13,16-18H2,1H3,(H,29,33)(H,30,32). The van der Waals surface area contributed by atoms with Crippen molar-refractivity contribution in [2.75, 3.05) is 36.5 Å². The first-order chi connectivity index (χ1) is 18.2. The number of ether oxygens (including phenoxy) is 1. The second-order valence-electron chi connectivity index (χ2n) is 9.60. The number of nitrogens with one attached hydrogen (secondary N) is 2. The fourth-order valence-electron chi connectivity index (χ4n) is 4.81. The third-order valence-corrected chi connectivity index (χ3v) is 6.98. The molecule has 2 bridgehead atoms. The molecule has 198 valence electrons. The van der Waals surface area contributed by atoms with Crippen LogP contribution in [0, 0.1) is 0 Å². The van der Waals surface area contributed by atoms with Gasteiger partial charge in [0.05, 0.1) is 30.7 Å². The van der Waals surface area contributed by atoms with Crippen LogP contribution in [-0.2, 0) is 19.6 Å². The average molecular weight is 536 g/mol.